The largest absolute Gasteiger partial charge is 0.494 e. The predicted molar refractivity (Wildman–Crippen MR) is 114 cm³/mol. The average Bonchev–Trinajstić information content (AvgIpc) is 2.65. The molecule has 2 N–H and O–H groups in total. The summed E-state index contributed by atoms with van der Waals surface area (Å²) in [6, 6.07) is 14.8. The lowest BCUT2D eigenvalue weighted by Crippen LogP contribution is -2.14. The minimum atomic E-state index is 0.816. The van der Waals surface area contributed by atoms with Gasteiger partial charge >= 0.3 is 0 Å². The van der Waals surface area contributed by atoms with E-state index in [-0.39, 0.29) is 0 Å². The molecule has 2 rings (SSSR count). The number of hydrogen-bond acceptors (Lipinski definition) is 3. The summed E-state index contributed by atoms with van der Waals surface area (Å²) in [4.78, 5) is 0. The van der Waals surface area contributed by atoms with Crippen LogP contribution in [0.5, 0.6) is 5.75 Å². The highest BCUT2D eigenvalue weighted by molar-refractivity contribution is 5.53. The fraction of sp³-hybridized carbons (Fsp3) is 0.478. The van der Waals surface area contributed by atoms with Crippen molar-refractivity contribution < 1.29 is 4.74 Å². The van der Waals surface area contributed by atoms with Gasteiger partial charge < -0.3 is 15.4 Å². The zero-order valence-electron chi connectivity index (χ0n) is 16.6. The van der Waals surface area contributed by atoms with Crippen LogP contribution in [0.1, 0.15) is 50.2 Å². The molecule has 0 aliphatic heterocycles. The molecule has 0 radical (unpaired) electrons. The van der Waals surface area contributed by atoms with E-state index >= 15 is 0 Å². The van der Waals surface area contributed by atoms with Crippen LogP contribution in [0.15, 0.2) is 42.5 Å². The molecule has 0 amide bonds. The van der Waals surface area contributed by atoms with Gasteiger partial charge in [-0.25, -0.2) is 0 Å². The molecule has 0 saturated heterocycles. The molecule has 0 aliphatic rings. The molecule has 26 heavy (non-hydrogen) atoms. The number of hydrogen-bond donors (Lipinski definition) is 2. The molecule has 3 nitrogen and oxygen atoms in total. The van der Waals surface area contributed by atoms with E-state index < -0.39 is 0 Å². The van der Waals surface area contributed by atoms with Gasteiger partial charge in [0, 0.05) is 24.5 Å². The van der Waals surface area contributed by atoms with Gasteiger partial charge in [0.1, 0.15) is 5.75 Å². The van der Waals surface area contributed by atoms with Crippen LogP contribution >= 0.6 is 0 Å². The number of benzene rings is 2. The van der Waals surface area contributed by atoms with Crippen molar-refractivity contribution in [2.75, 3.05) is 30.3 Å². The first-order valence-corrected chi connectivity index (χ1v) is 9.97. The lowest BCUT2D eigenvalue weighted by molar-refractivity contribution is 0.304. The third-order valence-electron chi connectivity index (χ3n) is 4.53. The lowest BCUT2D eigenvalue weighted by Gasteiger charge is -2.12. The first-order chi connectivity index (χ1) is 12.7. The topological polar surface area (TPSA) is 33.3 Å². The summed E-state index contributed by atoms with van der Waals surface area (Å²) in [5.41, 5.74) is 4.91. The van der Waals surface area contributed by atoms with Crippen molar-refractivity contribution in [2.24, 2.45) is 0 Å². The van der Waals surface area contributed by atoms with E-state index in [4.69, 9.17) is 4.74 Å². The molecule has 0 fully saturated rings. The first kappa shape index (κ1) is 20.2. The molecular formula is C23H34N2O. The molecule has 0 aliphatic carbocycles. The van der Waals surface area contributed by atoms with Gasteiger partial charge in [-0.05, 0) is 61.7 Å². The summed E-state index contributed by atoms with van der Waals surface area (Å²) in [6.07, 6.45) is 6.35. The van der Waals surface area contributed by atoms with Crippen molar-refractivity contribution in [2.45, 2.75) is 52.9 Å². The van der Waals surface area contributed by atoms with E-state index in [9.17, 15) is 0 Å². The number of unbranched alkanes of at least 4 members (excludes halogenated alkanes) is 4. The third-order valence-corrected chi connectivity index (χ3v) is 4.53. The zero-order chi connectivity index (χ0) is 18.6. The predicted octanol–water partition coefficient (Wildman–Crippen LogP) is 6.18. The maximum Gasteiger partial charge on any atom is 0.119 e. The van der Waals surface area contributed by atoms with Crippen LogP contribution in [0, 0.1) is 13.8 Å². The van der Waals surface area contributed by atoms with Crippen molar-refractivity contribution in [3.8, 4) is 5.75 Å². The Bertz CT molecular complexity index is 637. The van der Waals surface area contributed by atoms with Gasteiger partial charge in [0.25, 0.3) is 0 Å². The van der Waals surface area contributed by atoms with Gasteiger partial charge in [0.05, 0.1) is 6.61 Å². The maximum atomic E-state index is 5.81. The second-order valence-corrected chi connectivity index (χ2v) is 6.96. The SMILES string of the molecule is CCCCCCCOc1ccc(NCCNc2cc(C)ccc2C)cc1. The van der Waals surface area contributed by atoms with Crippen LogP contribution in [-0.4, -0.2) is 19.7 Å². The van der Waals surface area contributed by atoms with Crippen LogP contribution in [0.25, 0.3) is 0 Å². The Labute approximate surface area is 159 Å². The molecule has 142 valence electrons. The van der Waals surface area contributed by atoms with Crippen LogP contribution in [0.4, 0.5) is 11.4 Å². The van der Waals surface area contributed by atoms with Crippen molar-refractivity contribution in [1.82, 2.24) is 0 Å². The van der Waals surface area contributed by atoms with Gasteiger partial charge in [-0.1, -0.05) is 44.7 Å². The van der Waals surface area contributed by atoms with Crippen molar-refractivity contribution >= 4 is 11.4 Å². The second kappa shape index (κ2) is 11.5. The smallest absolute Gasteiger partial charge is 0.119 e. The Kier molecular flexibility index (Phi) is 8.88. The maximum absolute atomic E-state index is 5.81. The molecule has 3 heteroatoms. The summed E-state index contributed by atoms with van der Waals surface area (Å²) in [6.45, 7) is 9.09. The fourth-order valence-electron chi connectivity index (χ4n) is 2.89. The molecule has 0 bridgehead atoms. The summed E-state index contributed by atoms with van der Waals surface area (Å²) in [5.74, 6) is 0.958. The van der Waals surface area contributed by atoms with E-state index in [1.54, 1.807) is 0 Å². The van der Waals surface area contributed by atoms with Gasteiger partial charge in [-0.15, -0.1) is 0 Å². The number of aryl methyl sites for hydroxylation is 2. The van der Waals surface area contributed by atoms with Gasteiger partial charge in [-0.3, -0.25) is 0 Å². The Morgan fingerprint density at radius 3 is 2.31 bits per heavy atom. The summed E-state index contributed by atoms with van der Waals surface area (Å²) in [5, 5.41) is 6.95. The highest BCUT2D eigenvalue weighted by atomic mass is 16.5. The van der Waals surface area contributed by atoms with Crippen molar-refractivity contribution in [3.05, 3.63) is 53.6 Å². The van der Waals surface area contributed by atoms with Gasteiger partial charge in [-0.2, -0.15) is 0 Å². The summed E-state index contributed by atoms with van der Waals surface area (Å²) < 4.78 is 5.81. The van der Waals surface area contributed by atoms with Crippen LogP contribution in [0.2, 0.25) is 0 Å². The van der Waals surface area contributed by atoms with E-state index in [0.717, 1.165) is 37.6 Å². The van der Waals surface area contributed by atoms with E-state index in [1.165, 1.54) is 42.5 Å². The van der Waals surface area contributed by atoms with Gasteiger partial charge in [0.15, 0.2) is 0 Å². The quantitative estimate of drug-likeness (QED) is 0.447. The molecule has 0 atom stereocenters. The molecule has 0 heterocycles. The fourth-order valence-corrected chi connectivity index (χ4v) is 2.89. The third kappa shape index (κ3) is 7.38. The Balaban J connectivity index is 1.63. The molecule has 0 saturated carbocycles. The number of rotatable bonds is 12. The second-order valence-electron chi connectivity index (χ2n) is 6.96. The van der Waals surface area contributed by atoms with Crippen LogP contribution in [-0.2, 0) is 0 Å². The Morgan fingerprint density at radius 2 is 1.54 bits per heavy atom. The molecule has 0 spiro atoms. The van der Waals surface area contributed by atoms with Crippen LogP contribution < -0.4 is 15.4 Å². The standard InChI is InChI=1S/C23H34N2O/c1-4-5-6-7-8-17-26-22-13-11-21(12-14-22)24-15-16-25-23-18-19(2)9-10-20(23)3/h9-14,18,24-25H,4-8,15-17H2,1-3H3. The van der Waals surface area contributed by atoms with Crippen molar-refractivity contribution in [3.63, 3.8) is 0 Å². The minimum Gasteiger partial charge on any atom is -0.494 e. The van der Waals surface area contributed by atoms with E-state index in [2.05, 4.69) is 61.7 Å². The Hall–Kier alpha value is -2.16. The number of anilines is 2. The van der Waals surface area contributed by atoms with Gasteiger partial charge in [0.2, 0.25) is 0 Å². The number of nitrogens with one attached hydrogen (secondary N) is 2. The molecule has 2 aromatic rings. The highest BCUT2D eigenvalue weighted by Gasteiger charge is 1.99. The van der Waals surface area contributed by atoms with E-state index in [1.807, 2.05) is 12.1 Å². The normalized spacial score (nSPS) is 10.6. The zero-order valence-corrected chi connectivity index (χ0v) is 16.6. The molecule has 2 aromatic carbocycles. The summed E-state index contributed by atoms with van der Waals surface area (Å²) >= 11 is 0. The number of ether oxygens (including phenoxy) is 1. The first-order valence-electron chi connectivity index (χ1n) is 9.97. The van der Waals surface area contributed by atoms with E-state index in [0.29, 0.717) is 0 Å². The molecule has 0 unspecified atom stereocenters. The summed E-state index contributed by atoms with van der Waals surface area (Å²) in [7, 11) is 0. The Morgan fingerprint density at radius 1 is 0.808 bits per heavy atom. The lowest BCUT2D eigenvalue weighted by atomic mass is 10.1. The monoisotopic (exact) mass is 354 g/mol. The molecular weight excluding hydrogens is 320 g/mol. The van der Waals surface area contributed by atoms with Crippen molar-refractivity contribution in [1.29, 1.82) is 0 Å². The average molecular weight is 355 g/mol. The molecule has 0 aromatic heterocycles. The minimum absolute atomic E-state index is 0.816. The highest BCUT2D eigenvalue weighted by Crippen LogP contribution is 2.17. The van der Waals surface area contributed by atoms with Crippen LogP contribution in [0.3, 0.4) is 0 Å².